The zero-order chi connectivity index (χ0) is 18.4. The van der Waals surface area contributed by atoms with E-state index in [1.165, 1.54) is 0 Å². The second-order valence-electron chi connectivity index (χ2n) is 6.04. The summed E-state index contributed by atoms with van der Waals surface area (Å²) in [6.45, 7) is 0.396. The molecule has 3 nitrogen and oxygen atoms in total. The molecule has 3 aromatic carbocycles. The maximum atomic E-state index is 12.0. The minimum atomic E-state index is -0.864. The van der Waals surface area contributed by atoms with Gasteiger partial charge in [-0.05, 0) is 35.7 Å². The summed E-state index contributed by atoms with van der Waals surface area (Å²) in [5.41, 5.74) is 2.69. The van der Waals surface area contributed by atoms with E-state index in [9.17, 15) is 9.90 Å². The lowest BCUT2D eigenvalue weighted by Crippen LogP contribution is -2.16. The van der Waals surface area contributed by atoms with Crippen molar-refractivity contribution in [3.05, 3.63) is 100 Å². The molecular weight excluding hydrogens is 392 g/mol. The fourth-order valence-corrected chi connectivity index (χ4v) is 3.22. The van der Waals surface area contributed by atoms with Crippen molar-refractivity contribution in [2.24, 2.45) is 0 Å². The van der Waals surface area contributed by atoms with Crippen LogP contribution in [0.15, 0.2) is 83.3 Å². The summed E-state index contributed by atoms with van der Waals surface area (Å²) in [6, 6.07) is 25.0. The monoisotopic (exact) mass is 410 g/mol. The van der Waals surface area contributed by atoms with Crippen LogP contribution in [0.2, 0.25) is 0 Å². The Kier molecular flexibility index (Phi) is 6.08. The first-order valence-electron chi connectivity index (χ1n) is 8.36. The number of ether oxygens (including phenoxy) is 1. The van der Waals surface area contributed by atoms with Crippen LogP contribution in [0, 0.1) is 0 Å². The molecule has 0 heterocycles. The van der Waals surface area contributed by atoms with Crippen LogP contribution in [0.5, 0.6) is 5.75 Å². The van der Waals surface area contributed by atoms with Crippen molar-refractivity contribution in [3.63, 3.8) is 0 Å². The highest BCUT2D eigenvalue weighted by molar-refractivity contribution is 9.10. The van der Waals surface area contributed by atoms with E-state index in [1.807, 2.05) is 78.9 Å². The van der Waals surface area contributed by atoms with Gasteiger partial charge in [0, 0.05) is 10.0 Å². The van der Waals surface area contributed by atoms with Crippen LogP contribution in [-0.2, 0) is 17.8 Å². The fraction of sp³-hybridized carbons (Fsp3) is 0.136. The maximum absolute atomic E-state index is 12.0. The molecule has 132 valence electrons. The molecule has 0 fully saturated rings. The Bertz CT molecular complexity index is 863. The van der Waals surface area contributed by atoms with Gasteiger partial charge in [0.2, 0.25) is 0 Å². The number of benzene rings is 3. The van der Waals surface area contributed by atoms with Crippen LogP contribution in [0.4, 0.5) is 0 Å². The predicted molar refractivity (Wildman–Crippen MR) is 105 cm³/mol. The van der Waals surface area contributed by atoms with E-state index in [2.05, 4.69) is 15.9 Å². The third-order valence-corrected chi connectivity index (χ3v) is 4.66. The highest BCUT2D eigenvalue weighted by Crippen LogP contribution is 2.33. The molecule has 0 amide bonds. The third-order valence-electron chi connectivity index (χ3n) is 4.17. The van der Waals surface area contributed by atoms with Gasteiger partial charge in [0.25, 0.3) is 0 Å². The van der Waals surface area contributed by atoms with E-state index >= 15 is 0 Å². The van der Waals surface area contributed by atoms with Crippen LogP contribution in [0.3, 0.4) is 0 Å². The molecule has 0 spiro atoms. The lowest BCUT2D eigenvalue weighted by Gasteiger charge is -2.18. The summed E-state index contributed by atoms with van der Waals surface area (Å²) >= 11 is 3.45. The molecule has 1 atom stereocenters. The SMILES string of the molecule is O=C(O)[C@@H](Cc1ccccc1)c1cc(Br)ccc1OCc1ccccc1. The van der Waals surface area contributed by atoms with Gasteiger partial charge >= 0.3 is 5.97 Å². The molecule has 0 aliphatic carbocycles. The number of hydrogen-bond donors (Lipinski definition) is 1. The highest BCUT2D eigenvalue weighted by Gasteiger charge is 2.24. The molecule has 0 unspecified atom stereocenters. The molecule has 4 heteroatoms. The Hall–Kier alpha value is -2.59. The van der Waals surface area contributed by atoms with Gasteiger partial charge in [-0.15, -0.1) is 0 Å². The van der Waals surface area contributed by atoms with Crippen LogP contribution in [-0.4, -0.2) is 11.1 Å². The van der Waals surface area contributed by atoms with Gasteiger partial charge in [0.1, 0.15) is 12.4 Å². The van der Waals surface area contributed by atoms with E-state index in [-0.39, 0.29) is 0 Å². The molecule has 0 aromatic heterocycles. The molecule has 0 bridgehead atoms. The summed E-state index contributed by atoms with van der Waals surface area (Å²) in [5, 5.41) is 9.82. The van der Waals surface area contributed by atoms with Crippen LogP contribution in [0.1, 0.15) is 22.6 Å². The van der Waals surface area contributed by atoms with Crippen LogP contribution in [0.25, 0.3) is 0 Å². The predicted octanol–water partition coefficient (Wildman–Crippen LogP) is 5.44. The van der Waals surface area contributed by atoms with Gasteiger partial charge in [-0.2, -0.15) is 0 Å². The Morgan fingerprint density at radius 1 is 0.923 bits per heavy atom. The van der Waals surface area contributed by atoms with E-state index in [1.54, 1.807) is 0 Å². The molecule has 26 heavy (non-hydrogen) atoms. The van der Waals surface area contributed by atoms with Gasteiger partial charge in [0.15, 0.2) is 0 Å². The minimum Gasteiger partial charge on any atom is -0.489 e. The summed E-state index contributed by atoms with van der Waals surface area (Å²) in [5.74, 6) is -0.947. The van der Waals surface area contributed by atoms with Crippen molar-refractivity contribution < 1.29 is 14.6 Å². The lowest BCUT2D eigenvalue weighted by molar-refractivity contribution is -0.138. The molecular formula is C22H19BrO3. The molecule has 1 N–H and O–H groups in total. The van der Waals surface area contributed by atoms with E-state index < -0.39 is 11.9 Å². The fourth-order valence-electron chi connectivity index (χ4n) is 2.84. The van der Waals surface area contributed by atoms with Crippen molar-refractivity contribution in [1.82, 2.24) is 0 Å². The second-order valence-corrected chi connectivity index (χ2v) is 6.95. The second kappa shape index (κ2) is 8.68. The first-order chi connectivity index (χ1) is 12.6. The summed E-state index contributed by atoms with van der Waals surface area (Å²) in [4.78, 5) is 12.0. The molecule has 3 aromatic rings. The van der Waals surface area contributed by atoms with Crippen LogP contribution >= 0.6 is 15.9 Å². The third kappa shape index (κ3) is 4.73. The van der Waals surface area contributed by atoms with Gasteiger partial charge in [-0.25, -0.2) is 0 Å². The number of carboxylic acids is 1. The average Bonchev–Trinajstić information content (AvgIpc) is 2.66. The zero-order valence-corrected chi connectivity index (χ0v) is 15.7. The zero-order valence-electron chi connectivity index (χ0n) is 14.1. The lowest BCUT2D eigenvalue weighted by atomic mass is 9.91. The standard InChI is InChI=1S/C22H19BrO3/c23-18-11-12-21(26-15-17-9-5-2-6-10-17)19(14-18)20(22(24)25)13-16-7-3-1-4-8-16/h1-12,14,20H,13,15H2,(H,24,25)/t20-/m0/s1. The van der Waals surface area contributed by atoms with Gasteiger partial charge in [-0.1, -0.05) is 76.6 Å². The molecule has 0 saturated heterocycles. The molecule has 3 rings (SSSR count). The minimum absolute atomic E-state index is 0.396. The quantitative estimate of drug-likeness (QED) is 0.563. The normalized spacial score (nSPS) is 11.7. The molecule has 0 aliphatic rings. The first-order valence-corrected chi connectivity index (χ1v) is 9.15. The van der Waals surface area contributed by atoms with E-state index in [0.717, 1.165) is 15.6 Å². The number of carbonyl (C=O) groups is 1. The van der Waals surface area contributed by atoms with Crippen molar-refractivity contribution in [2.45, 2.75) is 18.9 Å². The molecule has 0 saturated carbocycles. The Morgan fingerprint density at radius 3 is 2.15 bits per heavy atom. The summed E-state index contributed by atoms with van der Waals surface area (Å²) < 4.78 is 6.80. The number of hydrogen-bond acceptors (Lipinski definition) is 2. The van der Waals surface area contributed by atoms with Crippen molar-refractivity contribution in [1.29, 1.82) is 0 Å². The first kappa shape index (κ1) is 18.2. The van der Waals surface area contributed by atoms with Gasteiger partial charge in [0.05, 0.1) is 5.92 Å². The highest BCUT2D eigenvalue weighted by atomic mass is 79.9. The average molecular weight is 411 g/mol. The van der Waals surface area contributed by atoms with Gasteiger partial charge in [-0.3, -0.25) is 4.79 Å². The smallest absolute Gasteiger partial charge is 0.311 e. The van der Waals surface area contributed by atoms with E-state index in [0.29, 0.717) is 24.3 Å². The number of carboxylic acid groups (broad SMARTS) is 1. The Morgan fingerprint density at radius 2 is 1.54 bits per heavy atom. The topological polar surface area (TPSA) is 46.5 Å². The van der Waals surface area contributed by atoms with Crippen molar-refractivity contribution >= 4 is 21.9 Å². The number of aliphatic carboxylic acids is 1. The Labute approximate surface area is 161 Å². The van der Waals surface area contributed by atoms with Crippen molar-refractivity contribution in [2.75, 3.05) is 0 Å². The number of halogens is 1. The summed E-state index contributed by atoms with van der Waals surface area (Å²) in [7, 11) is 0. The summed E-state index contributed by atoms with van der Waals surface area (Å²) in [6.07, 6.45) is 0.411. The van der Waals surface area contributed by atoms with E-state index in [4.69, 9.17) is 4.74 Å². The maximum Gasteiger partial charge on any atom is 0.311 e. The van der Waals surface area contributed by atoms with Gasteiger partial charge < -0.3 is 9.84 Å². The molecule has 0 aliphatic heterocycles. The largest absolute Gasteiger partial charge is 0.489 e. The molecule has 0 radical (unpaired) electrons. The van der Waals surface area contributed by atoms with Crippen molar-refractivity contribution in [3.8, 4) is 5.75 Å². The van der Waals surface area contributed by atoms with Crippen LogP contribution < -0.4 is 4.74 Å². The Balaban J connectivity index is 1.88. The number of rotatable bonds is 7.